The standard InChI is InChI=1S/C17H18ClN3O4/c1-9(22)15-13(17(24)21-8-2-3-12(21)16(19)23)14(20-25-15)10-4-6-11(18)7-5-10/h4-7,9,12,22H,2-3,8H2,1H3,(H2,19,23)/t9-,12-/m0/s1. The molecule has 0 saturated carbocycles. The highest BCUT2D eigenvalue weighted by atomic mass is 35.5. The molecule has 2 amide bonds. The van der Waals surface area contributed by atoms with E-state index in [-0.39, 0.29) is 11.3 Å². The first-order valence-electron chi connectivity index (χ1n) is 7.94. The molecule has 0 spiro atoms. The van der Waals surface area contributed by atoms with Gasteiger partial charge in [-0.3, -0.25) is 9.59 Å². The number of aromatic nitrogens is 1. The first kappa shape index (κ1) is 17.4. The summed E-state index contributed by atoms with van der Waals surface area (Å²) in [6.45, 7) is 1.90. The van der Waals surface area contributed by atoms with Gasteiger partial charge in [0.2, 0.25) is 5.91 Å². The van der Waals surface area contributed by atoms with Crippen molar-refractivity contribution in [1.82, 2.24) is 10.1 Å². The minimum absolute atomic E-state index is 0.0603. The second-order valence-corrected chi connectivity index (χ2v) is 6.45. The molecule has 1 aromatic heterocycles. The summed E-state index contributed by atoms with van der Waals surface area (Å²) in [7, 11) is 0. The van der Waals surface area contributed by atoms with E-state index in [1.165, 1.54) is 11.8 Å². The number of amides is 2. The van der Waals surface area contributed by atoms with Crippen LogP contribution in [0.1, 0.15) is 42.0 Å². The third kappa shape index (κ3) is 3.25. The largest absolute Gasteiger partial charge is 0.385 e. The number of likely N-dealkylation sites (tertiary alicyclic amines) is 1. The number of benzene rings is 1. The van der Waals surface area contributed by atoms with Crippen molar-refractivity contribution in [2.24, 2.45) is 5.73 Å². The van der Waals surface area contributed by atoms with Gasteiger partial charge in [-0.05, 0) is 31.9 Å². The lowest BCUT2D eigenvalue weighted by Crippen LogP contribution is -2.44. The van der Waals surface area contributed by atoms with Crippen molar-refractivity contribution in [1.29, 1.82) is 0 Å². The van der Waals surface area contributed by atoms with Crippen LogP contribution in [0.2, 0.25) is 5.02 Å². The lowest BCUT2D eigenvalue weighted by molar-refractivity contribution is -0.121. The smallest absolute Gasteiger partial charge is 0.260 e. The van der Waals surface area contributed by atoms with Gasteiger partial charge in [-0.2, -0.15) is 0 Å². The van der Waals surface area contributed by atoms with Crippen molar-refractivity contribution >= 4 is 23.4 Å². The van der Waals surface area contributed by atoms with Gasteiger partial charge in [0.15, 0.2) is 5.76 Å². The number of aliphatic hydroxyl groups is 1. The molecule has 1 saturated heterocycles. The van der Waals surface area contributed by atoms with Crippen molar-refractivity contribution in [3.8, 4) is 11.3 Å². The van der Waals surface area contributed by atoms with Crippen LogP contribution in [0, 0.1) is 0 Å². The zero-order valence-electron chi connectivity index (χ0n) is 13.6. The first-order valence-corrected chi connectivity index (χ1v) is 8.31. The molecule has 132 valence electrons. The fraction of sp³-hybridized carbons (Fsp3) is 0.353. The Morgan fingerprint density at radius 3 is 2.68 bits per heavy atom. The van der Waals surface area contributed by atoms with Gasteiger partial charge in [0.1, 0.15) is 23.4 Å². The molecular weight excluding hydrogens is 346 g/mol. The first-order chi connectivity index (χ1) is 11.9. The molecule has 3 N–H and O–H groups in total. The average molecular weight is 364 g/mol. The minimum atomic E-state index is -1.03. The zero-order valence-corrected chi connectivity index (χ0v) is 14.4. The lowest BCUT2D eigenvalue weighted by atomic mass is 10.0. The molecule has 1 aromatic carbocycles. The quantitative estimate of drug-likeness (QED) is 0.864. The average Bonchev–Trinajstić information content (AvgIpc) is 3.22. The normalized spacial score (nSPS) is 18.4. The van der Waals surface area contributed by atoms with E-state index in [2.05, 4.69) is 5.16 Å². The van der Waals surface area contributed by atoms with Gasteiger partial charge in [-0.25, -0.2) is 0 Å². The van der Waals surface area contributed by atoms with Gasteiger partial charge >= 0.3 is 0 Å². The van der Waals surface area contributed by atoms with Crippen LogP contribution in [0.4, 0.5) is 0 Å². The van der Waals surface area contributed by atoms with E-state index in [1.54, 1.807) is 24.3 Å². The highest BCUT2D eigenvalue weighted by Gasteiger charge is 2.37. The van der Waals surface area contributed by atoms with Gasteiger partial charge in [0.25, 0.3) is 5.91 Å². The number of nitrogens with two attached hydrogens (primary N) is 1. The number of hydrogen-bond acceptors (Lipinski definition) is 5. The van der Waals surface area contributed by atoms with Crippen LogP contribution in [0.15, 0.2) is 28.8 Å². The highest BCUT2D eigenvalue weighted by Crippen LogP contribution is 2.32. The molecule has 0 radical (unpaired) electrons. The molecule has 2 atom stereocenters. The van der Waals surface area contributed by atoms with Crippen LogP contribution < -0.4 is 5.73 Å². The van der Waals surface area contributed by atoms with E-state index >= 15 is 0 Å². The van der Waals surface area contributed by atoms with Crippen molar-refractivity contribution in [2.75, 3.05) is 6.54 Å². The summed E-state index contributed by atoms with van der Waals surface area (Å²) in [5.41, 5.74) is 6.47. The number of carbonyl (C=O) groups excluding carboxylic acids is 2. The summed E-state index contributed by atoms with van der Waals surface area (Å²) < 4.78 is 5.22. The monoisotopic (exact) mass is 363 g/mol. The summed E-state index contributed by atoms with van der Waals surface area (Å²) >= 11 is 5.90. The fourth-order valence-electron chi connectivity index (χ4n) is 3.05. The summed E-state index contributed by atoms with van der Waals surface area (Å²) in [6, 6.07) is 6.09. The Bertz CT molecular complexity index is 801. The maximum atomic E-state index is 13.1. The second-order valence-electron chi connectivity index (χ2n) is 6.01. The number of carbonyl (C=O) groups is 2. The highest BCUT2D eigenvalue weighted by molar-refractivity contribution is 6.30. The Kier molecular flexibility index (Phi) is 4.78. The molecule has 7 nitrogen and oxygen atoms in total. The van der Waals surface area contributed by atoms with Crippen LogP contribution in [-0.4, -0.2) is 39.6 Å². The van der Waals surface area contributed by atoms with E-state index in [0.29, 0.717) is 35.7 Å². The van der Waals surface area contributed by atoms with Crippen LogP contribution in [0.3, 0.4) is 0 Å². The molecule has 0 bridgehead atoms. The molecule has 1 fully saturated rings. The molecule has 2 aromatic rings. The molecule has 3 rings (SSSR count). The molecule has 1 aliphatic heterocycles. The molecule has 25 heavy (non-hydrogen) atoms. The van der Waals surface area contributed by atoms with E-state index in [4.69, 9.17) is 21.9 Å². The number of halogens is 1. The molecule has 1 aliphatic rings. The number of hydrogen-bond donors (Lipinski definition) is 2. The molecule has 0 unspecified atom stereocenters. The SMILES string of the molecule is C[C@H](O)c1onc(-c2ccc(Cl)cc2)c1C(=O)N1CCC[C@H]1C(N)=O. The number of nitrogens with zero attached hydrogens (tertiary/aromatic N) is 2. The van der Waals surface area contributed by atoms with Crippen LogP contribution >= 0.6 is 11.6 Å². The third-order valence-electron chi connectivity index (χ3n) is 4.27. The van der Waals surface area contributed by atoms with Crippen molar-refractivity contribution in [2.45, 2.75) is 31.9 Å². The Morgan fingerprint density at radius 1 is 1.40 bits per heavy atom. The Labute approximate surface area is 149 Å². The van der Waals surface area contributed by atoms with Gasteiger partial charge < -0.3 is 20.3 Å². The summed E-state index contributed by atoms with van der Waals surface area (Å²) in [6.07, 6.45) is 0.180. The van der Waals surface area contributed by atoms with E-state index in [9.17, 15) is 14.7 Å². The van der Waals surface area contributed by atoms with Gasteiger partial charge in [-0.1, -0.05) is 28.9 Å². The third-order valence-corrected chi connectivity index (χ3v) is 4.52. The van der Waals surface area contributed by atoms with Crippen molar-refractivity contribution < 1.29 is 19.2 Å². The van der Waals surface area contributed by atoms with E-state index < -0.39 is 24.0 Å². The topological polar surface area (TPSA) is 110 Å². The Balaban J connectivity index is 2.07. The second kappa shape index (κ2) is 6.85. The van der Waals surface area contributed by atoms with Gasteiger partial charge in [0, 0.05) is 17.1 Å². The Morgan fingerprint density at radius 2 is 2.08 bits per heavy atom. The lowest BCUT2D eigenvalue weighted by Gasteiger charge is -2.22. The number of aliphatic hydroxyl groups excluding tert-OH is 1. The predicted octanol–water partition coefficient (Wildman–Crippen LogP) is 2.14. The van der Waals surface area contributed by atoms with E-state index in [0.717, 1.165) is 0 Å². The molecule has 8 heteroatoms. The Hall–Kier alpha value is -2.38. The van der Waals surface area contributed by atoms with Gasteiger partial charge in [0.05, 0.1) is 0 Å². The predicted molar refractivity (Wildman–Crippen MR) is 90.8 cm³/mol. The summed E-state index contributed by atoms with van der Waals surface area (Å²) in [4.78, 5) is 26.1. The van der Waals surface area contributed by atoms with Gasteiger partial charge in [-0.15, -0.1) is 0 Å². The number of rotatable bonds is 4. The maximum absolute atomic E-state index is 13.1. The summed E-state index contributed by atoms with van der Waals surface area (Å²) in [5.74, 6) is -0.914. The maximum Gasteiger partial charge on any atom is 0.260 e. The molecular formula is C17H18ClN3O4. The minimum Gasteiger partial charge on any atom is -0.385 e. The van der Waals surface area contributed by atoms with Crippen molar-refractivity contribution in [3.63, 3.8) is 0 Å². The van der Waals surface area contributed by atoms with E-state index in [1.807, 2.05) is 0 Å². The van der Waals surface area contributed by atoms with Crippen LogP contribution in [0.25, 0.3) is 11.3 Å². The van der Waals surface area contributed by atoms with Crippen molar-refractivity contribution in [3.05, 3.63) is 40.6 Å². The molecule has 0 aliphatic carbocycles. The number of primary amides is 1. The summed E-state index contributed by atoms with van der Waals surface area (Å²) in [5, 5.41) is 14.5. The molecule has 2 heterocycles. The van der Waals surface area contributed by atoms with Crippen LogP contribution in [0.5, 0.6) is 0 Å². The fourth-order valence-corrected chi connectivity index (χ4v) is 3.17. The zero-order chi connectivity index (χ0) is 18.1. The van der Waals surface area contributed by atoms with Crippen LogP contribution in [-0.2, 0) is 4.79 Å².